The molecule has 0 radical (unpaired) electrons. The van der Waals surface area contributed by atoms with Gasteiger partial charge in [-0.05, 0) is 17.0 Å². The van der Waals surface area contributed by atoms with Crippen molar-refractivity contribution in [2.24, 2.45) is 0 Å². The third-order valence-corrected chi connectivity index (χ3v) is 3.87. The van der Waals surface area contributed by atoms with Crippen LogP contribution in [0.15, 0.2) is 26.6 Å². The van der Waals surface area contributed by atoms with Gasteiger partial charge in [0, 0.05) is 0 Å². The summed E-state index contributed by atoms with van der Waals surface area (Å²) in [6.45, 7) is 5.27. The van der Waals surface area contributed by atoms with E-state index in [1.165, 1.54) is 12.1 Å². The molecular formula is C12H14N2O5S. The van der Waals surface area contributed by atoms with Crippen LogP contribution in [0.5, 0.6) is 0 Å². The van der Waals surface area contributed by atoms with Gasteiger partial charge in [0.1, 0.15) is 4.90 Å². The first-order valence-corrected chi connectivity index (χ1v) is 7.23. The lowest BCUT2D eigenvalue weighted by molar-refractivity contribution is 0.477. The molecule has 7 nitrogen and oxygen atoms in total. The Morgan fingerprint density at radius 1 is 1.10 bits per heavy atom. The van der Waals surface area contributed by atoms with Crippen molar-refractivity contribution >= 4 is 21.0 Å². The Balaban J connectivity index is 3.16. The van der Waals surface area contributed by atoms with Crippen molar-refractivity contribution in [3.05, 3.63) is 38.5 Å². The summed E-state index contributed by atoms with van der Waals surface area (Å²) in [7, 11) is -4.60. The number of nitrogens with one attached hydrogen (secondary N) is 2. The fraction of sp³-hybridized carbons (Fsp3) is 0.333. The average Bonchev–Trinajstić information content (AvgIpc) is 2.24. The maximum absolute atomic E-state index is 11.7. The van der Waals surface area contributed by atoms with Crippen LogP contribution in [0, 0.1) is 0 Å². The molecule has 0 aliphatic rings. The van der Waals surface area contributed by atoms with Crippen LogP contribution < -0.4 is 11.2 Å². The molecule has 3 N–H and O–H groups in total. The standard InChI is InChI=1S/C12H14N2O5S/c1-12(2,3)7-5-4-6-8(9(7)20(17,18)19)13-11(16)14-10(6)15/h4-5H,1-3H3,(H,17,18,19)(H2,13,14,15,16). The molecule has 0 amide bonds. The van der Waals surface area contributed by atoms with E-state index in [2.05, 4.69) is 4.98 Å². The van der Waals surface area contributed by atoms with Gasteiger partial charge >= 0.3 is 5.69 Å². The van der Waals surface area contributed by atoms with E-state index in [0.29, 0.717) is 5.56 Å². The van der Waals surface area contributed by atoms with Crippen LogP contribution in [-0.4, -0.2) is 22.9 Å². The molecule has 1 aromatic heterocycles. The van der Waals surface area contributed by atoms with E-state index in [1.54, 1.807) is 20.8 Å². The van der Waals surface area contributed by atoms with Gasteiger partial charge < -0.3 is 4.98 Å². The van der Waals surface area contributed by atoms with Crippen molar-refractivity contribution in [2.75, 3.05) is 0 Å². The second-order valence-corrected chi connectivity index (χ2v) is 6.86. The highest BCUT2D eigenvalue weighted by atomic mass is 32.2. The summed E-state index contributed by atoms with van der Waals surface area (Å²) in [5, 5.41) is -0.00905. The molecule has 0 fully saturated rings. The highest BCUT2D eigenvalue weighted by Gasteiger charge is 2.27. The summed E-state index contributed by atoms with van der Waals surface area (Å²) >= 11 is 0. The Labute approximate surface area is 114 Å². The van der Waals surface area contributed by atoms with Crippen LogP contribution in [0.25, 0.3) is 10.9 Å². The largest absolute Gasteiger partial charge is 0.326 e. The lowest BCUT2D eigenvalue weighted by atomic mass is 9.86. The number of aromatic nitrogens is 2. The average molecular weight is 298 g/mol. The first kappa shape index (κ1) is 14.5. The van der Waals surface area contributed by atoms with Crippen molar-refractivity contribution < 1.29 is 13.0 Å². The Morgan fingerprint density at radius 2 is 1.70 bits per heavy atom. The van der Waals surface area contributed by atoms with Crippen molar-refractivity contribution in [1.82, 2.24) is 9.97 Å². The molecule has 2 rings (SSSR count). The monoisotopic (exact) mass is 298 g/mol. The number of hydrogen-bond donors (Lipinski definition) is 3. The van der Waals surface area contributed by atoms with E-state index in [9.17, 15) is 22.6 Å². The fourth-order valence-corrected chi connectivity index (χ4v) is 3.14. The fourth-order valence-electron chi connectivity index (χ4n) is 2.07. The zero-order valence-electron chi connectivity index (χ0n) is 11.1. The van der Waals surface area contributed by atoms with Gasteiger partial charge in [-0.2, -0.15) is 8.42 Å². The summed E-state index contributed by atoms with van der Waals surface area (Å²) in [4.78, 5) is 26.9. The highest BCUT2D eigenvalue weighted by Crippen LogP contribution is 2.32. The first-order valence-electron chi connectivity index (χ1n) is 5.79. The summed E-state index contributed by atoms with van der Waals surface area (Å²) < 4.78 is 32.8. The molecular weight excluding hydrogens is 284 g/mol. The van der Waals surface area contributed by atoms with Crippen LogP contribution in [0.2, 0.25) is 0 Å². The number of aromatic amines is 2. The van der Waals surface area contributed by atoms with Crippen LogP contribution in [0.1, 0.15) is 26.3 Å². The Hall–Kier alpha value is -1.93. The van der Waals surface area contributed by atoms with Crippen molar-refractivity contribution in [1.29, 1.82) is 0 Å². The minimum absolute atomic E-state index is 0.00905. The minimum Gasteiger partial charge on any atom is -0.305 e. The van der Waals surface area contributed by atoms with Crippen molar-refractivity contribution in [3.8, 4) is 0 Å². The highest BCUT2D eigenvalue weighted by molar-refractivity contribution is 7.86. The second kappa shape index (κ2) is 4.29. The lowest BCUT2D eigenvalue weighted by Gasteiger charge is -2.22. The number of hydrogen-bond acceptors (Lipinski definition) is 4. The molecule has 108 valence electrons. The molecule has 20 heavy (non-hydrogen) atoms. The van der Waals surface area contributed by atoms with E-state index >= 15 is 0 Å². The molecule has 0 bridgehead atoms. The van der Waals surface area contributed by atoms with Crippen LogP contribution in [-0.2, 0) is 15.5 Å². The molecule has 0 aliphatic heterocycles. The molecule has 1 aromatic carbocycles. The molecule has 0 unspecified atom stereocenters. The van der Waals surface area contributed by atoms with Gasteiger partial charge in [0.2, 0.25) is 0 Å². The molecule has 0 aliphatic carbocycles. The number of rotatable bonds is 1. The van der Waals surface area contributed by atoms with Crippen molar-refractivity contribution in [2.45, 2.75) is 31.1 Å². The molecule has 0 saturated heterocycles. The van der Waals surface area contributed by atoms with E-state index < -0.39 is 31.7 Å². The zero-order valence-corrected chi connectivity index (χ0v) is 12.0. The molecule has 0 atom stereocenters. The molecule has 0 spiro atoms. The van der Waals surface area contributed by atoms with Gasteiger partial charge in [-0.15, -0.1) is 0 Å². The Kier molecular flexibility index (Phi) is 3.10. The zero-order chi connectivity index (χ0) is 15.3. The maximum atomic E-state index is 11.7. The van der Waals surface area contributed by atoms with Gasteiger partial charge in [-0.1, -0.05) is 26.8 Å². The van der Waals surface area contributed by atoms with Crippen LogP contribution in [0.3, 0.4) is 0 Å². The lowest BCUT2D eigenvalue weighted by Crippen LogP contribution is -2.25. The summed E-state index contributed by atoms with van der Waals surface area (Å²) in [5.74, 6) is 0. The van der Waals surface area contributed by atoms with Crippen molar-refractivity contribution in [3.63, 3.8) is 0 Å². The normalized spacial score (nSPS) is 12.8. The Morgan fingerprint density at radius 3 is 2.20 bits per heavy atom. The number of H-pyrrole nitrogens is 2. The van der Waals surface area contributed by atoms with Gasteiger partial charge in [-0.3, -0.25) is 14.3 Å². The van der Waals surface area contributed by atoms with Crippen LogP contribution >= 0.6 is 0 Å². The summed E-state index contributed by atoms with van der Waals surface area (Å²) in [6, 6.07) is 2.87. The maximum Gasteiger partial charge on any atom is 0.326 e. The topological polar surface area (TPSA) is 120 Å². The van der Waals surface area contributed by atoms with Gasteiger partial charge in [0.15, 0.2) is 0 Å². The molecule has 2 aromatic rings. The van der Waals surface area contributed by atoms with Gasteiger partial charge in [0.05, 0.1) is 10.9 Å². The quantitative estimate of drug-likeness (QED) is 0.671. The van der Waals surface area contributed by atoms with E-state index in [1.807, 2.05) is 4.98 Å². The first-order chi connectivity index (χ1) is 9.01. The minimum atomic E-state index is -4.60. The number of fused-ring (bicyclic) bond motifs is 1. The second-order valence-electron chi connectivity index (χ2n) is 5.50. The van der Waals surface area contributed by atoms with E-state index in [4.69, 9.17) is 0 Å². The molecule has 8 heteroatoms. The molecule has 0 saturated carbocycles. The predicted octanol–water partition coefficient (Wildman–Crippen LogP) is 0.761. The van der Waals surface area contributed by atoms with E-state index in [-0.39, 0.29) is 10.9 Å². The third kappa shape index (κ3) is 2.39. The summed E-state index contributed by atoms with van der Waals surface area (Å²) in [6.07, 6.45) is 0. The SMILES string of the molecule is CC(C)(C)c1ccc2c(=O)[nH]c(=O)[nH]c2c1S(=O)(=O)O. The third-order valence-electron chi connectivity index (χ3n) is 2.93. The number of benzene rings is 1. The van der Waals surface area contributed by atoms with Crippen LogP contribution in [0.4, 0.5) is 0 Å². The van der Waals surface area contributed by atoms with Gasteiger partial charge in [0.25, 0.3) is 15.7 Å². The smallest absolute Gasteiger partial charge is 0.305 e. The predicted molar refractivity (Wildman–Crippen MR) is 73.7 cm³/mol. The van der Waals surface area contributed by atoms with Gasteiger partial charge in [-0.25, -0.2) is 4.79 Å². The Bertz CT molecular complexity index is 900. The molecule has 1 heterocycles. The summed E-state index contributed by atoms with van der Waals surface area (Å²) in [5.41, 5.74) is -2.02. The van der Waals surface area contributed by atoms with E-state index in [0.717, 1.165) is 0 Å².